The lowest BCUT2D eigenvalue weighted by Gasteiger charge is -2.37. The third-order valence-electron chi connectivity index (χ3n) is 4.44. The SMILES string of the molecule is CCN1CC(CN(C)C(=O)Nc2cccc([N+](=O)[O-])c2)Oc2ccccc21. The van der Waals surface area contributed by atoms with Gasteiger partial charge in [0.05, 0.1) is 23.7 Å². The number of nitrogens with one attached hydrogen (secondary N) is 1. The number of nitro groups is 1. The van der Waals surface area contributed by atoms with E-state index in [4.69, 9.17) is 4.74 Å². The molecule has 8 nitrogen and oxygen atoms in total. The van der Waals surface area contributed by atoms with Gasteiger partial charge in [-0.1, -0.05) is 18.2 Å². The number of nitro benzene ring substituents is 1. The molecule has 1 aliphatic rings. The Bertz CT molecular complexity index is 842. The minimum atomic E-state index is -0.494. The number of para-hydroxylation sites is 2. The minimum Gasteiger partial charge on any atom is -0.485 e. The van der Waals surface area contributed by atoms with Crippen LogP contribution in [-0.2, 0) is 0 Å². The van der Waals surface area contributed by atoms with Gasteiger partial charge in [-0.15, -0.1) is 0 Å². The summed E-state index contributed by atoms with van der Waals surface area (Å²) in [6.07, 6.45) is -0.166. The van der Waals surface area contributed by atoms with E-state index in [0.29, 0.717) is 18.8 Å². The summed E-state index contributed by atoms with van der Waals surface area (Å²) in [6, 6.07) is 13.4. The zero-order valence-electron chi connectivity index (χ0n) is 15.3. The monoisotopic (exact) mass is 370 g/mol. The molecule has 0 saturated carbocycles. The van der Waals surface area contributed by atoms with Crippen molar-refractivity contribution in [2.45, 2.75) is 13.0 Å². The molecular weight excluding hydrogens is 348 g/mol. The molecule has 0 saturated heterocycles. The Morgan fingerprint density at radius 2 is 2.11 bits per heavy atom. The molecule has 27 heavy (non-hydrogen) atoms. The molecule has 2 aromatic carbocycles. The summed E-state index contributed by atoms with van der Waals surface area (Å²) in [5.41, 5.74) is 1.37. The highest BCUT2D eigenvalue weighted by Gasteiger charge is 2.26. The number of carbonyl (C=O) groups is 1. The average Bonchev–Trinajstić information content (AvgIpc) is 2.67. The smallest absolute Gasteiger partial charge is 0.321 e. The first-order valence-corrected chi connectivity index (χ1v) is 8.75. The average molecular weight is 370 g/mol. The maximum atomic E-state index is 12.4. The van der Waals surface area contributed by atoms with Crippen LogP contribution < -0.4 is 15.0 Å². The van der Waals surface area contributed by atoms with E-state index >= 15 is 0 Å². The Balaban J connectivity index is 1.63. The van der Waals surface area contributed by atoms with Crippen molar-refractivity contribution in [2.24, 2.45) is 0 Å². The highest BCUT2D eigenvalue weighted by molar-refractivity contribution is 5.89. The number of anilines is 2. The van der Waals surface area contributed by atoms with Gasteiger partial charge in [0, 0.05) is 31.4 Å². The summed E-state index contributed by atoms with van der Waals surface area (Å²) in [6.45, 7) is 4.01. The highest BCUT2D eigenvalue weighted by atomic mass is 16.6. The Morgan fingerprint density at radius 3 is 2.85 bits per heavy atom. The van der Waals surface area contributed by atoms with Gasteiger partial charge in [-0.25, -0.2) is 4.79 Å². The van der Waals surface area contributed by atoms with E-state index in [1.807, 2.05) is 24.3 Å². The first-order chi connectivity index (χ1) is 13.0. The second kappa shape index (κ2) is 7.94. The van der Waals surface area contributed by atoms with Crippen LogP contribution in [0.1, 0.15) is 6.92 Å². The molecule has 0 fully saturated rings. The van der Waals surface area contributed by atoms with Crippen LogP contribution in [0.4, 0.5) is 21.9 Å². The number of ether oxygens (including phenoxy) is 1. The maximum Gasteiger partial charge on any atom is 0.321 e. The van der Waals surface area contributed by atoms with Crippen molar-refractivity contribution in [1.82, 2.24) is 4.90 Å². The number of hydrogen-bond donors (Lipinski definition) is 1. The van der Waals surface area contributed by atoms with Gasteiger partial charge in [0.15, 0.2) is 0 Å². The third-order valence-corrected chi connectivity index (χ3v) is 4.44. The molecule has 0 bridgehead atoms. The highest BCUT2D eigenvalue weighted by Crippen LogP contribution is 2.32. The van der Waals surface area contributed by atoms with Crippen LogP contribution in [0.3, 0.4) is 0 Å². The van der Waals surface area contributed by atoms with Gasteiger partial charge in [-0.2, -0.15) is 0 Å². The van der Waals surface area contributed by atoms with E-state index in [9.17, 15) is 14.9 Å². The van der Waals surface area contributed by atoms with Gasteiger partial charge in [0.1, 0.15) is 11.9 Å². The van der Waals surface area contributed by atoms with Gasteiger partial charge >= 0.3 is 6.03 Å². The topological polar surface area (TPSA) is 88.0 Å². The number of urea groups is 1. The fourth-order valence-electron chi connectivity index (χ4n) is 3.08. The third kappa shape index (κ3) is 4.28. The molecule has 2 aromatic rings. The molecular formula is C19H22N4O4. The number of amides is 2. The normalized spacial score (nSPS) is 15.5. The van der Waals surface area contributed by atoms with Crippen molar-refractivity contribution in [3.8, 4) is 5.75 Å². The largest absolute Gasteiger partial charge is 0.485 e. The minimum absolute atomic E-state index is 0.0683. The van der Waals surface area contributed by atoms with E-state index in [1.165, 1.54) is 23.1 Å². The maximum absolute atomic E-state index is 12.4. The van der Waals surface area contributed by atoms with Crippen molar-refractivity contribution >= 4 is 23.1 Å². The zero-order valence-corrected chi connectivity index (χ0v) is 15.3. The second-order valence-corrected chi connectivity index (χ2v) is 6.36. The molecule has 0 aliphatic carbocycles. The summed E-state index contributed by atoms with van der Waals surface area (Å²) in [4.78, 5) is 26.5. The van der Waals surface area contributed by atoms with Crippen molar-refractivity contribution in [1.29, 1.82) is 0 Å². The number of non-ortho nitro benzene ring substituents is 1. The molecule has 0 radical (unpaired) electrons. The summed E-state index contributed by atoms with van der Waals surface area (Å²) in [5.74, 6) is 0.808. The molecule has 1 aliphatic heterocycles. The molecule has 0 aromatic heterocycles. The summed E-state index contributed by atoms with van der Waals surface area (Å²) < 4.78 is 6.03. The number of hydrogen-bond acceptors (Lipinski definition) is 5. The molecule has 8 heteroatoms. The zero-order chi connectivity index (χ0) is 19.4. The van der Waals surface area contributed by atoms with Gasteiger partial charge in [-0.3, -0.25) is 10.1 Å². The quantitative estimate of drug-likeness (QED) is 0.644. The lowest BCUT2D eigenvalue weighted by atomic mass is 10.2. The fourth-order valence-corrected chi connectivity index (χ4v) is 3.08. The Kier molecular flexibility index (Phi) is 5.44. The van der Waals surface area contributed by atoms with E-state index in [1.54, 1.807) is 13.1 Å². The van der Waals surface area contributed by atoms with Crippen LogP contribution in [0, 0.1) is 10.1 Å². The second-order valence-electron chi connectivity index (χ2n) is 6.36. The number of likely N-dealkylation sites (N-methyl/N-ethyl adjacent to an activating group) is 2. The lowest BCUT2D eigenvalue weighted by molar-refractivity contribution is -0.384. The number of nitrogens with zero attached hydrogens (tertiary/aromatic N) is 3. The first kappa shape index (κ1) is 18.5. The Hall–Kier alpha value is -3.29. The predicted molar refractivity (Wildman–Crippen MR) is 103 cm³/mol. The molecule has 1 unspecified atom stereocenters. The number of carbonyl (C=O) groups excluding carboxylic acids is 1. The van der Waals surface area contributed by atoms with Gasteiger partial charge in [0.2, 0.25) is 0 Å². The molecule has 0 spiro atoms. The summed E-state index contributed by atoms with van der Waals surface area (Å²) in [7, 11) is 1.67. The van der Waals surface area contributed by atoms with Gasteiger partial charge in [0.25, 0.3) is 5.69 Å². The lowest BCUT2D eigenvalue weighted by Crippen LogP contribution is -2.47. The first-order valence-electron chi connectivity index (χ1n) is 8.75. The summed E-state index contributed by atoms with van der Waals surface area (Å²) >= 11 is 0. The number of fused-ring (bicyclic) bond motifs is 1. The Labute approximate surface area is 157 Å². The molecule has 1 atom stereocenters. The van der Waals surface area contributed by atoms with E-state index in [-0.39, 0.29) is 17.8 Å². The molecule has 3 rings (SSSR count). The predicted octanol–water partition coefficient (Wildman–Crippen LogP) is 3.35. The van der Waals surface area contributed by atoms with Gasteiger partial charge in [-0.05, 0) is 25.1 Å². The number of benzene rings is 2. The Morgan fingerprint density at radius 1 is 1.33 bits per heavy atom. The molecule has 1 heterocycles. The van der Waals surface area contributed by atoms with Crippen LogP contribution in [-0.4, -0.2) is 48.6 Å². The van der Waals surface area contributed by atoms with Crippen LogP contribution >= 0.6 is 0 Å². The van der Waals surface area contributed by atoms with Crippen molar-refractivity contribution in [2.75, 3.05) is 36.9 Å². The number of rotatable bonds is 5. The standard InChI is InChI=1S/C19H22N4O4/c1-3-22-13-16(27-18-10-5-4-9-17(18)22)12-21(2)19(24)20-14-7-6-8-15(11-14)23(25)26/h4-11,16H,3,12-13H2,1-2H3,(H,20,24). The fraction of sp³-hybridized carbons (Fsp3) is 0.316. The van der Waals surface area contributed by atoms with Crippen LogP contribution in [0.5, 0.6) is 5.75 Å². The van der Waals surface area contributed by atoms with Crippen molar-refractivity contribution in [3.05, 3.63) is 58.6 Å². The van der Waals surface area contributed by atoms with Crippen LogP contribution in [0.15, 0.2) is 48.5 Å². The molecule has 1 N–H and O–H groups in total. The molecule has 142 valence electrons. The van der Waals surface area contributed by atoms with E-state index < -0.39 is 4.92 Å². The van der Waals surface area contributed by atoms with Crippen molar-refractivity contribution in [3.63, 3.8) is 0 Å². The van der Waals surface area contributed by atoms with Crippen molar-refractivity contribution < 1.29 is 14.5 Å². The van der Waals surface area contributed by atoms with Gasteiger partial charge < -0.3 is 19.9 Å². The van der Waals surface area contributed by atoms with E-state index in [0.717, 1.165) is 18.0 Å². The van der Waals surface area contributed by atoms with E-state index in [2.05, 4.69) is 17.1 Å². The summed E-state index contributed by atoms with van der Waals surface area (Å²) in [5, 5.41) is 13.5. The van der Waals surface area contributed by atoms with Crippen LogP contribution in [0.2, 0.25) is 0 Å². The molecule has 2 amide bonds. The van der Waals surface area contributed by atoms with Crippen LogP contribution in [0.25, 0.3) is 0 Å².